The maximum Gasteiger partial charge on any atom is 0.150 e. The average molecular weight is 179 g/mol. The van der Waals surface area contributed by atoms with E-state index in [0.717, 1.165) is 25.9 Å². The van der Waals surface area contributed by atoms with E-state index in [4.69, 9.17) is 11.3 Å². The Morgan fingerprint density at radius 3 is 2.92 bits per heavy atom. The van der Waals surface area contributed by atoms with E-state index in [2.05, 4.69) is 18.7 Å². The molecule has 0 aromatic carbocycles. The Morgan fingerprint density at radius 1 is 1.62 bits per heavy atom. The smallest absolute Gasteiger partial charge is 0.150 e. The fourth-order valence-electron chi connectivity index (χ4n) is 1.80. The number of hydrogen-bond acceptors (Lipinski definition) is 1. The van der Waals surface area contributed by atoms with Gasteiger partial charge >= 0.3 is 0 Å². The summed E-state index contributed by atoms with van der Waals surface area (Å²) < 4.78 is 5.63. The van der Waals surface area contributed by atoms with Crippen LogP contribution in [0.25, 0.3) is 4.85 Å². The topological polar surface area (TPSA) is 13.6 Å². The zero-order valence-corrected chi connectivity index (χ0v) is 8.42. The minimum atomic E-state index is 0.0776. The van der Waals surface area contributed by atoms with Gasteiger partial charge in [-0.05, 0) is 39.0 Å². The van der Waals surface area contributed by atoms with Crippen molar-refractivity contribution < 1.29 is 4.74 Å². The molecule has 1 aliphatic rings. The van der Waals surface area contributed by atoms with Gasteiger partial charge in [0, 0.05) is 0 Å². The van der Waals surface area contributed by atoms with Gasteiger partial charge in [-0.15, -0.1) is 0 Å². The molecule has 0 aliphatic carbocycles. The Balaban J connectivity index is 2.18. The second-order valence-corrected chi connectivity index (χ2v) is 4.23. The van der Waals surface area contributed by atoms with Crippen LogP contribution in [-0.2, 0) is 4.74 Å². The molecule has 13 heavy (non-hydrogen) atoms. The van der Waals surface area contributed by atoms with Crippen LogP contribution in [0.5, 0.6) is 0 Å². The predicted molar refractivity (Wildman–Crippen MR) is 53.1 cm³/mol. The normalized spacial score (nSPS) is 26.4. The van der Waals surface area contributed by atoms with Gasteiger partial charge in [0.05, 0.1) is 18.8 Å². The lowest BCUT2D eigenvalue weighted by Gasteiger charge is -2.15. The van der Waals surface area contributed by atoms with Gasteiger partial charge < -0.3 is 4.74 Å². The molecule has 0 spiro atoms. The second-order valence-electron chi connectivity index (χ2n) is 4.23. The molecule has 0 aromatic heterocycles. The molecule has 1 fully saturated rings. The number of hydrogen-bond donors (Lipinski definition) is 0. The molecule has 1 rings (SSSR count). The van der Waals surface area contributed by atoms with Crippen LogP contribution in [0.3, 0.4) is 0 Å². The van der Waals surface area contributed by atoms with Crippen LogP contribution in [0.1, 0.15) is 33.1 Å². The summed E-state index contributed by atoms with van der Waals surface area (Å²) in [7, 11) is 0. The van der Waals surface area contributed by atoms with Crippen LogP contribution in [0, 0.1) is 12.5 Å². The Bertz CT molecular complexity index is 225. The molecular formula is C11H17NO. The maximum absolute atomic E-state index is 6.57. The predicted octanol–water partition coefficient (Wildman–Crippen LogP) is 3.01. The molecule has 0 N–H and O–H groups in total. The van der Waals surface area contributed by atoms with Gasteiger partial charge in [-0.25, -0.2) is 4.85 Å². The molecular weight excluding hydrogens is 162 g/mol. The van der Waals surface area contributed by atoms with Crippen molar-refractivity contribution in [1.82, 2.24) is 0 Å². The molecule has 0 aromatic rings. The van der Waals surface area contributed by atoms with E-state index in [9.17, 15) is 0 Å². The van der Waals surface area contributed by atoms with Crippen molar-refractivity contribution >= 4 is 0 Å². The van der Waals surface area contributed by atoms with Crippen molar-refractivity contribution in [3.63, 3.8) is 0 Å². The summed E-state index contributed by atoms with van der Waals surface area (Å²) in [6, 6.07) is 0. The minimum absolute atomic E-state index is 0.0776. The first-order valence-corrected chi connectivity index (χ1v) is 4.79. The zero-order valence-electron chi connectivity index (χ0n) is 8.42. The van der Waals surface area contributed by atoms with E-state index in [1.54, 1.807) is 6.20 Å². The van der Waals surface area contributed by atoms with Crippen molar-refractivity contribution in [2.24, 2.45) is 5.92 Å². The van der Waals surface area contributed by atoms with Crippen LogP contribution < -0.4 is 0 Å². The highest BCUT2D eigenvalue weighted by atomic mass is 16.5. The summed E-state index contributed by atoms with van der Waals surface area (Å²) >= 11 is 0. The number of allylic oxidation sites excluding steroid dienone is 1. The third-order valence-electron chi connectivity index (χ3n) is 2.41. The third kappa shape index (κ3) is 3.61. The fourth-order valence-corrected chi connectivity index (χ4v) is 1.80. The van der Waals surface area contributed by atoms with Gasteiger partial charge in [0.1, 0.15) is 6.20 Å². The Morgan fingerprint density at radius 2 is 2.38 bits per heavy atom. The summed E-state index contributed by atoms with van der Waals surface area (Å²) in [6.45, 7) is 11.7. The number of nitrogens with zero attached hydrogens (tertiary/aromatic N) is 1. The van der Waals surface area contributed by atoms with E-state index in [1.807, 2.05) is 6.08 Å². The van der Waals surface area contributed by atoms with Crippen molar-refractivity contribution in [2.75, 3.05) is 6.61 Å². The van der Waals surface area contributed by atoms with E-state index in [0.29, 0.717) is 5.92 Å². The summed E-state index contributed by atoms with van der Waals surface area (Å²) in [4.78, 5) is 3.17. The molecule has 0 unspecified atom stereocenters. The van der Waals surface area contributed by atoms with Crippen molar-refractivity contribution in [3.8, 4) is 0 Å². The molecule has 0 bridgehead atoms. The first-order chi connectivity index (χ1) is 6.14. The average Bonchev–Trinajstić information content (AvgIpc) is 2.40. The van der Waals surface area contributed by atoms with Crippen LogP contribution in [0.2, 0.25) is 0 Å². The molecule has 1 aliphatic heterocycles. The van der Waals surface area contributed by atoms with Crippen LogP contribution in [-0.4, -0.2) is 12.2 Å². The van der Waals surface area contributed by atoms with Crippen LogP contribution in [0.15, 0.2) is 12.3 Å². The lowest BCUT2D eigenvalue weighted by atomic mass is 9.94. The van der Waals surface area contributed by atoms with Gasteiger partial charge in [-0.3, -0.25) is 0 Å². The van der Waals surface area contributed by atoms with E-state index < -0.39 is 0 Å². The quantitative estimate of drug-likeness (QED) is 0.607. The minimum Gasteiger partial charge on any atom is -0.375 e. The first kappa shape index (κ1) is 10.3. The van der Waals surface area contributed by atoms with Gasteiger partial charge in [-0.2, -0.15) is 0 Å². The van der Waals surface area contributed by atoms with Gasteiger partial charge in [0.2, 0.25) is 0 Å². The first-order valence-electron chi connectivity index (χ1n) is 4.79. The summed E-state index contributed by atoms with van der Waals surface area (Å²) in [5.41, 5.74) is 0.0776. The summed E-state index contributed by atoms with van der Waals surface area (Å²) in [5.74, 6) is 0.686. The van der Waals surface area contributed by atoms with Gasteiger partial charge in [0.25, 0.3) is 0 Å². The third-order valence-corrected chi connectivity index (χ3v) is 2.41. The van der Waals surface area contributed by atoms with Crippen molar-refractivity contribution in [1.29, 1.82) is 0 Å². The van der Waals surface area contributed by atoms with E-state index >= 15 is 0 Å². The van der Waals surface area contributed by atoms with Crippen molar-refractivity contribution in [3.05, 3.63) is 23.7 Å². The van der Waals surface area contributed by atoms with Crippen molar-refractivity contribution in [2.45, 2.75) is 38.7 Å². The molecule has 2 heteroatoms. The van der Waals surface area contributed by atoms with Gasteiger partial charge in [0.15, 0.2) is 0 Å². The van der Waals surface area contributed by atoms with Gasteiger partial charge in [-0.1, -0.05) is 6.08 Å². The molecule has 1 saturated heterocycles. The molecule has 2 nitrogen and oxygen atoms in total. The molecule has 72 valence electrons. The monoisotopic (exact) mass is 179 g/mol. The highest BCUT2D eigenvalue weighted by molar-refractivity contribution is 4.90. The number of rotatable bonds is 3. The highest BCUT2D eigenvalue weighted by Gasteiger charge is 2.30. The largest absolute Gasteiger partial charge is 0.375 e. The Hall–Kier alpha value is -0.810. The summed E-state index contributed by atoms with van der Waals surface area (Å²) in [6.07, 6.45) is 6.79. The fraction of sp³-hybridized carbons (Fsp3) is 0.727. The van der Waals surface area contributed by atoms with Crippen LogP contribution in [0.4, 0.5) is 0 Å². The maximum atomic E-state index is 6.57. The van der Waals surface area contributed by atoms with E-state index in [1.165, 1.54) is 0 Å². The Labute approximate surface area is 80.4 Å². The van der Waals surface area contributed by atoms with E-state index in [-0.39, 0.29) is 5.60 Å². The standard InChI is InChI=1S/C11H17NO/c1-11(2)8-10(9-13-11)6-4-5-7-12-3/h5,7,10H,4,6,8-9H2,1-2H3/t10-/m1/s1. The highest BCUT2D eigenvalue weighted by Crippen LogP contribution is 2.31. The molecule has 0 radical (unpaired) electrons. The molecule has 0 saturated carbocycles. The lowest BCUT2D eigenvalue weighted by Crippen LogP contribution is -2.16. The number of ether oxygens (including phenoxy) is 1. The SMILES string of the molecule is [C-]#[N+]C=CCC[C@H]1COC(C)(C)C1. The Kier molecular flexibility index (Phi) is 3.50. The lowest BCUT2D eigenvalue weighted by molar-refractivity contribution is 0.0349. The molecule has 0 amide bonds. The molecule has 1 heterocycles. The molecule has 1 atom stereocenters. The van der Waals surface area contributed by atoms with Crippen LogP contribution >= 0.6 is 0 Å². The zero-order chi connectivity index (χ0) is 9.73. The summed E-state index contributed by atoms with van der Waals surface area (Å²) in [5, 5.41) is 0. The second kappa shape index (κ2) is 4.43.